The maximum absolute atomic E-state index is 11.4. The number of hydrogen-bond acceptors (Lipinski definition) is 3. The summed E-state index contributed by atoms with van der Waals surface area (Å²) in [7, 11) is 0.770. The van der Waals surface area contributed by atoms with Crippen molar-refractivity contribution in [3.05, 3.63) is 24.3 Å². The fourth-order valence-electron chi connectivity index (χ4n) is 1.13. The molecule has 0 amide bonds. The highest BCUT2D eigenvalue weighted by Crippen LogP contribution is 2.24. The second-order valence-corrected chi connectivity index (χ2v) is 3.76. The van der Waals surface area contributed by atoms with E-state index in [2.05, 4.69) is 5.10 Å². The van der Waals surface area contributed by atoms with E-state index in [-0.39, 0.29) is 0 Å². The number of anilines is 1. The maximum Gasteiger partial charge on any atom is 0.116 e. The largest absolute Gasteiger partial charge is 0.267 e. The average Bonchev–Trinajstić information content (AvgIpc) is 2.12. The fourth-order valence-corrected chi connectivity index (χ4v) is 2.09. The second kappa shape index (κ2) is 2.71. The molecule has 12 heavy (non-hydrogen) atoms. The molecule has 0 bridgehead atoms. The van der Waals surface area contributed by atoms with E-state index >= 15 is 0 Å². The molecule has 4 heteroatoms. The molecule has 0 saturated carbocycles. The van der Waals surface area contributed by atoms with Gasteiger partial charge >= 0.3 is 0 Å². The molecule has 0 fully saturated rings. The van der Waals surface area contributed by atoms with Gasteiger partial charge in [0.05, 0.1) is 10.6 Å². The summed E-state index contributed by atoms with van der Waals surface area (Å²) in [5, 5.41) is 5.68. The van der Waals surface area contributed by atoms with E-state index in [9.17, 15) is 4.21 Å². The standard InChI is InChI=1S/C8H8N2OS/c1-10-7-4-2-3-5-8(7)12(11)6-9-10/h2-6H,1H3. The van der Waals surface area contributed by atoms with E-state index in [0.29, 0.717) is 0 Å². The summed E-state index contributed by atoms with van der Waals surface area (Å²) in [6.07, 6.45) is 0. The lowest BCUT2D eigenvalue weighted by atomic mass is 10.3. The normalized spacial score (nSPS) is 20.8. The second-order valence-electron chi connectivity index (χ2n) is 2.51. The van der Waals surface area contributed by atoms with Gasteiger partial charge in [0.25, 0.3) is 0 Å². The summed E-state index contributed by atoms with van der Waals surface area (Å²) in [6, 6.07) is 7.55. The third-order valence-corrected chi connectivity index (χ3v) is 2.81. The molecule has 0 saturated heterocycles. The molecule has 1 aliphatic heterocycles. The molecular formula is C8H8N2OS. The zero-order valence-electron chi connectivity index (χ0n) is 6.60. The topological polar surface area (TPSA) is 32.7 Å². The first-order valence-electron chi connectivity index (χ1n) is 3.56. The van der Waals surface area contributed by atoms with Gasteiger partial charge in [-0.05, 0) is 12.1 Å². The Bertz CT molecular complexity index is 362. The molecule has 0 aromatic heterocycles. The van der Waals surface area contributed by atoms with Gasteiger partial charge in [0, 0.05) is 7.05 Å². The minimum Gasteiger partial charge on any atom is -0.267 e. The Kier molecular flexibility index (Phi) is 1.69. The number of fused-ring (bicyclic) bond motifs is 1. The van der Waals surface area contributed by atoms with Gasteiger partial charge in [-0.2, -0.15) is 5.10 Å². The number of rotatable bonds is 0. The van der Waals surface area contributed by atoms with Gasteiger partial charge < -0.3 is 0 Å². The van der Waals surface area contributed by atoms with Gasteiger partial charge in [-0.3, -0.25) is 5.01 Å². The Balaban J connectivity index is 2.61. The Morgan fingerprint density at radius 2 is 2.17 bits per heavy atom. The van der Waals surface area contributed by atoms with Gasteiger partial charge in [-0.25, -0.2) is 4.21 Å². The van der Waals surface area contributed by atoms with Crippen molar-refractivity contribution in [2.75, 3.05) is 12.1 Å². The van der Waals surface area contributed by atoms with E-state index in [1.54, 1.807) is 5.01 Å². The number of benzene rings is 1. The van der Waals surface area contributed by atoms with Gasteiger partial charge in [0.1, 0.15) is 16.3 Å². The molecule has 1 aromatic rings. The van der Waals surface area contributed by atoms with Crippen LogP contribution in [-0.4, -0.2) is 16.8 Å². The van der Waals surface area contributed by atoms with Crippen LogP contribution in [0.2, 0.25) is 0 Å². The molecule has 0 N–H and O–H groups in total. The molecule has 1 aromatic carbocycles. The van der Waals surface area contributed by atoms with Crippen molar-refractivity contribution in [3.8, 4) is 0 Å². The van der Waals surface area contributed by atoms with Crippen LogP contribution in [0.4, 0.5) is 5.69 Å². The number of hydrogen-bond donors (Lipinski definition) is 0. The molecular weight excluding hydrogens is 172 g/mol. The molecule has 0 radical (unpaired) electrons. The lowest BCUT2D eigenvalue weighted by Gasteiger charge is -2.19. The van der Waals surface area contributed by atoms with E-state index in [1.165, 1.54) is 5.55 Å². The van der Waals surface area contributed by atoms with Crippen LogP contribution in [0.5, 0.6) is 0 Å². The van der Waals surface area contributed by atoms with E-state index in [0.717, 1.165) is 10.6 Å². The minimum absolute atomic E-state index is 0.829. The predicted octanol–water partition coefficient (Wildman–Crippen LogP) is 1.19. The number of nitrogens with zero attached hydrogens (tertiary/aromatic N) is 2. The Morgan fingerprint density at radius 1 is 1.42 bits per heavy atom. The van der Waals surface area contributed by atoms with Crippen LogP contribution in [0.1, 0.15) is 0 Å². The molecule has 1 unspecified atom stereocenters. The number of hydrazone groups is 1. The van der Waals surface area contributed by atoms with Crippen molar-refractivity contribution in [3.63, 3.8) is 0 Å². The van der Waals surface area contributed by atoms with Crippen molar-refractivity contribution in [2.45, 2.75) is 4.90 Å². The quantitative estimate of drug-likeness (QED) is 0.600. The molecule has 1 aliphatic rings. The van der Waals surface area contributed by atoms with Crippen LogP contribution < -0.4 is 5.01 Å². The van der Waals surface area contributed by atoms with Crippen molar-refractivity contribution >= 4 is 22.0 Å². The molecule has 3 nitrogen and oxygen atoms in total. The fraction of sp³-hybridized carbons (Fsp3) is 0.125. The zero-order chi connectivity index (χ0) is 8.55. The molecule has 62 valence electrons. The summed E-state index contributed by atoms with van der Waals surface area (Å²) in [6.45, 7) is 0. The van der Waals surface area contributed by atoms with Crippen LogP contribution in [0.3, 0.4) is 0 Å². The highest BCUT2D eigenvalue weighted by molar-refractivity contribution is 7.98. The van der Waals surface area contributed by atoms with Crippen LogP contribution in [-0.2, 0) is 10.8 Å². The first kappa shape index (κ1) is 7.49. The summed E-state index contributed by atoms with van der Waals surface area (Å²) in [5.74, 6) is 0. The zero-order valence-corrected chi connectivity index (χ0v) is 7.41. The minimum atomic E-state index is -1.07. The van der Waals surface area contributed by atoms with Crippen molar-refractivity contribution < 1.29 is 4.21 Å². The maximum atomic E-state index is 11.4. The van der Waals surface area contributed by atoms with E-state index < -0.39 is 10.8 Å². The molecule has 1 atom stereocenters. The average molecular weight is 180 g/mol. The molecule has 0 spiro atoms. The SMILES string of the molecule is CN1N=CS(=O)c2ccccc21. The Labute approximate surface area is 73.2 Å². The lowest BCUT2D eigenvalue weighted by molar-refractivity contribution is 0.689. The highest BCUT2D eigenvalue weighted by atomic mass is 32.2. The first-order valence-corrected chi connectivity index (χ1v) is 4.78. The highest BCUT2D eigenvalue weighted by Gasteiger charge is 2.14. The molecule has 0 aliphatic carbocycles. The molecule has 1 heterocycles. The first-order chi connectivity index (χ1) is 5.79. The summed E-state index contributed by atoms with van der Waals surface area (Å²) < 4.78 is 11.4. The predicted molar refractivity (Wildman–Crippen MR) is 49.7 cm³/mol. The third-order valence-electron chi connectivity index (χ3n) is 1.75. The number of para-hydroxylation sites is 1. The Hall–Kier alpha value is -1.16. The van der Waals surface area contributed by atoms with Crippen molar-refractivity contribution in [1.82, 2.24) is 0 Å². The van der Waals surface area contributed by atoms with Crippen LogP contribution in [0.25, 0.3) is 0 Å². The molecule has 2 rings (SSSR count). The third kappa shape index (κ3) is 1.04. The summed E-state index contributed by atoms with van der Waals surface area (Å²) in [5.41, 5.74) is 2.36. The van der Waals surface area contributed by atoms with Gasteiger partial charge in [-0.1, -0.05) is 12.1 Å². The van der Waals surface area contributed by atoms with Gasteiger partial charge in [0.2, 0.25) is 0 Å². The lowest BCUT2D eigenvalue weighted by Crippen LogP contribution is -2.16. The van der Waals surface area contributed by atoms with E-state index in [1.807, 2.05) is 31.3 Å². The van der Waals surface area contributed by atoms with E-state index in [4.69, 9.17) is 0 Å². The summed E-state index contributed by atoms with van der Waals surface area (Å²) >= 11 is 0. The van der Waals surface area contributed by atoms with Crippen LogP contribution in [0, 0.1) is 0 Å². The monoisotopic (exact) mass is 180 g/mol. The van der Waals surface area contributed by atoms with Gasteiger partial charge in [0.15, 0.2) is 0 Å². The van der Waals surface area contributed by atoms with Crippen molar-refractivity contribution in [2.24, 2.45) is 5.10 Å². The van der Waals surface area contributed by atoms with Crippen LogP contribution >= 0.6 is 0 Å². The smallest absolute Gasteiger partial charge is 0.116 e. The van der Waals surface area contributed by atoms with Crippen molar-refractivity contribution in [1.29, 1.82) is 0 Å². The van der Waals surface area contributed by atoms with Gasteiger partial charge in [-0.15, -0.1) is 0 Å². The Morgan fingerprint density at radius 3 is 2.92 bits per heavy atom. The summed E-state index contributed by atoms with van der Waals surface area (Å²) in [4.78, 5) is 0.829. The van der Waals surface area contributed by atoms with Crippen LogP contribution in [0.15, 0.2) is 34.3 Å².